The number of anilines is 1. The topological polar surface area (TPSA) is 44.1 Å². The maximum Gasteiger partial charge on any atom is 0.293 e. The van der Waals surface area contributed by atoms with Crippen LogP contribution < -0.4 is 9.38 Å². The normalized spacial score (nSPS) is 21.3. The number of carbonyl (C=O) groups excluding carboxylic acids is 1. The summed E-state index contributed by atoms with van der Waals surface area (Å²) in [6.45, 7) is 1.89. The maximum atomic E-state index is 13.5. The van der Waals surface area contributed by atoms with E-state index in [1.54, 1.807) is 24.3 Å². The van der Waals surface area contributed by atoms with E-state index in [1.807, 2.05) is 30.7 Å². The Kier molecular flexibility index (Phi) is 4.81. The van der Waals surface area contributed by atoms with Crippen molar-refractivity contribution in [3.05, 3.63) is 77.9 Å². The van der Waals surface area contributed by atoms with E-state index < -0.39 is 0 Å². The predicted octanol–water partition coefficient (Wildman–Crippen LogP) is 4.85. The van der Waals surface area contributed by atoms with Crippen molar-refractivity contribution < 1.29 is 9.18 Å². The van der Waals surface area contributed by atoms with Crippen LogP contribution in [0.5, 0.6) is 0 Å². The van der Waals surface area contributed by atoms with Gasteiger partial charge >= 0.3 is 0 Å². The van der Waals surface area contributed by atoms with Gasteiger partial charge < -0.3 is 4.90 Å². The third-order valence-corrected chi connectivity index (χ3v) is 5.49. The maximum absolute atomic E-state index is 13.5. The minimum atomic E-state index is -0.344. The number of quaternary nitrogens is 1. The number of rotatable bonds is 4. The lowest BCUT2D eigenvalue weighted by molar-refractivity contribution is 0.545. The third-order valence-electron chi connectivity index (χ3n) is 5.49. The van der Waals surface area contributed by atoms with Crippen LogP contribution in [0, 0.1) is 17.1 Å². The van der Waals surface area contributed by atoms with E-state index >= 15 is 0 Å². The Bertz CT molecular complexity index is 997. The molecule has 0 amide bonds. The molecular formula is C23H20FN3O+. The van der Waals surface area contributed by atoms with Gasteiger partial charge in [0.1, 0.15) is 29.5 Å². The zero-order valence-electron chi connectivity index (χ0n) is 15.4. The van der Waals surface area contributed by atoms with E-state index in [0.717, 1.165) is 37.3 Å². The van der Waals surface area contributed by atoms with Gasteiger partial charge in [-0.1, -0.05) is 0 Å². The fourth-order valence-electron chi connectivity index (χ4n) is 4.09. The number of hydrogen-bond donors (Lipinski definition) is 0. The fraction of sp³-hybridized carbons (Fsp3) is 0.217. The third kappa shape index (κ3) is 2.92. The second-order valence-electron chi connectivity index (χ2n) is 7.06. The summed E-state index contributed by atoms with van der Waals surface area (Å²) in [4.78, 5) is 14.0. The largest absolute Gasteiger partial charge is 0.370 e. The summed E-state index contributed by atoms with van der Waals surface area (Å²) in [5.41, 5.74) is 3.34. The van der Waals surface area contributed by atoms with Gasteiger partial charge in [-0.25, -0.2) is 4.39 Å². The molecule has 28 heavy (non-hydrogen) atoms. The summed E-state index contributed by atoms with van der Waals surface area (Å²) in [6, 6.07) is 14.1. The highest BCUT2D eigenvalue weighted by Gasteiger charge is 2.40. The lowest BCUT2D eigenvalue weighted by Crippen LogP contribution is -2.36. The van der Waals surface area contributed by atoms with E-state index in [0.29, 0.717) is 16.9 Å². The van der Waals surface area contributed by atoms with Gasteiger partial charge in [-0.3, -0.25) is 4.79 Å². The number of benzene rings is 2. The Labute approximate surface area is 164 Å². The summed E-state index contributed by atoms with van der Waals surface area (Å²) in [5.74, 6) is -0.344. The van der Waals surface area contributed by atoms with Crippen LogP contribution in [-0.4, -0.2) is 19.4 Å². The number of nitrogens with zero attached hydrogens (tertiary/aromatic N) is 3. The Hall–Kier alpha value is -3.23. The van der Waals surface area contributed by atoms with Gasteiger partial charge in [0.2, 0.25) is 0 Å². The molecule has 0 bridgehead atoms. The van der Waals surface area contributed by atoms with Crippen LogP contribution in [0.4, 0.5) is 21.5 Å². The SMILES string of the molecule is N#Cc1cc([N+]2(c3ccc(F)cc3)C=CC=C2[C]=O)ccc1N1CCCCC1. The number of halogens is 1. The van der Waals surface area contributed by atoms with Crippen molar-refractivity contribution in [3.8, 4) is 6.07 Å². The zero-order chi connectivity index (χ0) is 19.6. The van der Waals surface area contributed by atoms with Crippen LogP contribution in [0.1, 0.15) is 24.8 Å². The quantitative estimate of drug-likeness (QED) is 0.720. The molecule has 0 N–H and O–H groups in total. The molecule has 2 heterocycles. The lowest BCUT2D eigenvalue weighted by Gasteiger charge is -2.33. The van der Waals surface area contributed by atoms with Crippen LogP contribution in [0.3, 0.4) is 0 Å². The van der Waals surface area contributed by atoms with Crippen LogP contribution in [0.25, 0.3) is 0 Å². The summed E-state index contributed by atoms with van der Waals surface area (Å²) >= 11 is 0. The lowest BCUT2D eigenvalue weighted by atomic mass is 10.0. The number of hydrogen-bond acceptors (Lipinski definition) is 3. The smallest absolute Gasteiger partial charge is 0.293 e. The first-order chi connectivity index (χ1) is 13.7. The van der Waals surface area contributed by atoms with Gasteiger partial charge in [0, 0.05) is 43.4 Å². The van der Waals surface area contributed by atoms with Crippen LogP contribution >= 0.6 is 0 Å². The fourth-order valence-corrected chi connectivity index (χ4v) is 4.09. The summed E-state index contributed by atoms with van der Waals surface area (Å²) in [7, 11) is 0. The minimum absolute atomic E-state index is 0.0151. The van der Waals surface area contributed by atoms with Gasteiger partial charge in [-0.05, 0) is 43.5 Å². The van der Waals surface area contributed by atoms with Gasteiger partial charge in [-0.2, -0.15) is 9.74 Å². The molecule has 2 aromatic carbocycles. The van der Waals surface area contributed by atoms with Crippen molar-refractivity contribution in [1.82, 2.24) is 4.48 Å². The molecule has 2 aliphatic heterocycles. The van der Waals surface area contributed by atoms with Crippen molar-refractivity contribution in [2.45, 2.75) is 19.3 Å². The molecule has 1 unspecified atom stereocenters. The molecule has 1 saturated heterocycles. The molecule has 0 spiro atoms. The zero-order valence-corrected chi connectivity index (χ0v) is 15.4. The molecule has 4 nitrogen and oxygen atoms in total. The van der Waals surface area contributed by atoms with Crippen molar-refractivity contribution >= 4 is 23.3 Å². The molecule has 2 aromatic rings. The highest BCUT2D eigenvalue weighted by atomic mass is 19.1. The predicted molar refractivity (Wildman–Crippen MR) is 108 cm³/mol. The van der Waals surface area contributed by atoms with Crippen molar-refractivity contribution in [1.29, 1.82) is 5.26 Å². The Balaban J connectivity index is 1.85. The van der Waals surface area contributed by atoms with Gasteiger partial charge in [0.15, 0.2) is 5.70 Å². The molecule has 0 aromatic heterocycles. The second-order valence-corrected chi connectivity index (χ2v) is 7.06. The van der Waals surface area contributed by atoms with Crippen molar-refractivity contribution in [2.75, 3.05) is 18.0 Å². The number of nitriles is 1. The van der Waals surface area contributed by atoms with Crippen LogP contribution in [-0.2, 0) is 4.79 Å². The highest BCUT2D eigenvalue weighted by molar-refractivity contribution is 5.87. The standard InChI is InChI=1S/C23H20FN3O/c24-19-6-8-20(9-7-19)27(14-4-5-22(27)17-28)21-10-11-23(18(15-21)16-25)26-12-2-1-3-13-26/h4-11,14-15H,1-3,12-13H2/q+1. The molecule has 139 valence electrons. The minimum Gasteiger partial charge on any atom is -0.370 e. The molecule has 0 saturated carbocycles. The van der Waals surface area contributed by atoms with E-state index in [2.05, 4.69) is 11.0 Å². The molecule has 5 heteroatoms. The average molecular weight is 373 g/mol. The number of allylic oxidation sites excluding steroid dienone is 3. The molecule has 1 atom stereocenters. The van der Waals surface area contributed by atoms with E-state index in [9.17, 15) is 14.4 Å². The molecule has 0 aliphatic carbocycles. The van der Waals surface area contributed by atoms with Crippen LogP contribution in [0.2, 0.25) is 0 Å². The van der Waals surface area contributed by atoms with Gasteiger partial charge in [-0.15, -0.1) is 0 Å². The molecule has 1 fully saturated rings. The van der Waals surface area contributed by atoms with Gasteiger partial charge in [0.05, 0.1) is 11.3 Å². The van der Waals surface area contributed by atoms with E-state index in [1.165, 1.54) is 18.6 Å². The molecule has 2 aliphatic rings. The summed E-state index contributed by atoms with van der Waals surface area (Å²) in [6.07, 6.45) is 10.8. The first-order valence-corrected chi connectivity index (χ1v) is 9.42. The van der Waals surface area contributed by atoms with Gasteiger partial charge in [0.25, 0.3) is 6.29 Å². The Morgan fingerprint density at radius 3 is 2.39 bits per heavy atom. The summed E-state index contributed by atoms with van der Waals surface area (Å²) in [5, 5.41) is 9.79. The van der Waals surface area contributed by atoms with E-state index in [4.69, 9.17) is 0 Å². The molecular weight excluding hydrogens is 353 g/mol. The van der Waals surface area contributed by atoms with Crippen LogP contribution in [0.15, 0.2) is 66.5 Å². The Morgan fingerprint density at radius 2 is 1.71 bits per heavy atom. The molecule has 1 radical (unpaired) electrons. The first kappa shape index (κ1) is 18.1. The summed E-state index contributed by atoms with van der Waals surface area (Å²) < 4.78 is 13.5. The highest BCUT2D eigenvalue weighted by Crippen LogP contribution is 2.43. The average Bonchev–Trinajstić information content (AvgIpc) is 3.19. The van der Waals surface area contributed by atoms with Crippen molar-refractivity contribution in [3.63, 3.8) is 0 Å². The monoisotopic (exact) mass is 373 g/mol. The first-order valence-electron chi connectivity index (χ1n) is 9.42. The second kappa shape index (κ2) is 7.41. The van der Waals surface area contributed by atoms with E-state index in [-0.39, 0.29) is 10.3 Å². The van der Waals surface area contributed by atoms with Crippen molar-refractivity contribution in [2.24, 2.45) is 0 Å². The molecule has 4 rings (SSSR count). The Morgan fingerprint density at radius 1 is 1.00 bits per heavy atom. The number of piperidine rings is 1.